The molecule has 2 aliphatic rings. The Morgan fingerprint density at radius 1 is 1.17 bits per heavy atom. The molecule has 2 heterocycles. The molecule has 1 fully saturated rings. The Hall–Kier alpha value is -2.52. The molecule has 0 bridgehead atoms. The van der Waals surface area contributed by atoms with Gasteiger partial charge < -0.3 is 25.7 Å². The summed E-state index contributed by atoms with van der Waals surface area (Å²) in [6.45, 7) is 4.96. The Morgan fingerprint density at radius 3 is 2.58 bits per heavy atom. The number of thioether (sulfide) groups is 1. The number of benzene rings is 2. The number of nitrogens with zero attached hydrogens (tertiary/aromatic N) is 1. The molecule has 4 N–H and O–H groups in total. The number of aliphatic hydroxyl groups excluding tert-OH is 2. The molecule has 1 saturated heterocycles. The van der Waals surface area contributed by atoms with E-state index in [0.717, 1.165) is 35.2 Å². The van der Waals surface area contributed by atoms with Gasteiger partial charge in [-0.2, -0.15) is 0 Å². The van der Waals surface area contributed by atoms with Crippen LogP contribution in [0.3, 0.4) is 0 Å². The molecular weight excluding hydrogens is 498 g/mol. The second kappa shape index (κ2) is 11.7. The van der Waals surface area contributed by atoms with Crippen molar-refractivity contribution in [2.75, 3.05) is 6.54 Å². The van der Waals surface area contributed by atoms with E-state index < -0.39 is 24.0 Å². The number of hydrogen-bond acceptors (Lipinski definition) is 6. The van der Waals surface area contributed by atoms with Crippen LogP contribution >= 0.6 is 23.4 Å². The van der Waals surface area contributed by atoms with Crippen LogP contribution in [0.4, 0.5) is 0 Å². The van der Waals surface area contributed by atoms with Gasteiger partial charge in [0.1, 0.15) is 0 Å². The monoisotopic (exact) mass is 529 g/mol. The summed E-state index contributed by atoms with van der Waals surface area (Å²) in [5.74, 6) is -0.950. The van der Waals surface area contributed by atoms with Gasteiger partial charge in [-0.15, -0.1) is 11.8 Å². The zero-order chi connectivity index (χ0) is 25.8. The molecule has 4 rings (SSSR count). The minimum Gasteiger partial charge on any atom is -0.380 e. The van der Waals surface area contributed by atoms with Gasteiger partial charge in [-0.3, -0.25) is 9.59 Å². The van der Waals surface area contributed by atoms with E-state index in [9.17, 15) is 19.8 Å². The van der Waals surface area contributed by atoms with Crippen LogP contribution < -0.4 is 10.6 Å². The number of halogens is 1. The van der Waals surface area contributed by atoms with Crippen LogP contribution in [-0.2, 0) is 16.1 Å². The van der Waals surface area contributed by atoms with E-state index >= 15 is 0 Å². The third kappa shape index (κ3) is 6.06. The van der Waals surface area contributed by atoms with Crippen molar-refractivity contribution >= 4 is 40.9 Å². The number of carbonyl (C=O) groups excluding carboxylic acids is 2. The quantitative estimate of drug-likeness (QED) is 0.416. The van der Waals surface area contributed by atoms with Gasteiger partial charge in [0.2, 0.25) is 0 Å². The van der Waals surface area contributed by atoms with Crippen molar-refractivity contribution in [2.45, 2.75) is 56.9 Å². The Bertz CT molecular complexity index is 1120. The van der Waals surface area contributed by atoms with Gasteiger partial charge in [0.25, 0.3) is 11.8 Å². The van der Waals surface area contributed by atoms with Crippen molar-refractivity contribution in [3.05, 3.63) is 75.7 Å². The fourth-order valence-electron chi connectivity index (χ4n) is 4.47. The maximum absolute atomic E-state index is 13.0. The molecule has 0 aromatic heterocycles. The minimum absolute atomic E-state index is 0.168. The first-order valence-electron chi connectivity index (χ1n) is 12.2. The molecule has 36 heavy (non-hydrogen) atoms. The second-order valence-corrected chi connectivity index (χ2v) is 11.0. The highest BCUT2D eigenvalue weighted by Crippen LogP contribution is 2.34. The van der Waals surface area contributed by atoms with Crippen molar-refractivity contribution in [1.82, 2.24) is 15.5 Å². The van der Waals surface area contributed by atoms with E-state index in [0.29, 0.717) is 22.9 Å². The summed E-state index contributed by atoms with van der Waals surface area (Å²) in [5, 5.41) is 30.1. The van der Waals surface area contributed by atoms with Crippen molar-refractivity contribution < 1.29 is 19.8 Å². The van der Waals surface area contributed by atoms with Crippen LogP contribution in [0, 0.1) is 5.92 Å². The normalized spacial score (nSPS) is 21.2. The first kappa shape index (κ1) is 26.5. The van der Waals surface area contributed by atoms with Crippen LogP contribution in [0.2, 0.25) is 5.02 Å². The highest BCUT2D eigenvalue weighted by atomic mass is 35.5. The van der Waals surface area contributed by atoms with Gasteiger partial charge in [-0.05, 0) is 53.0 Å². The first-order chi connectivity index (χ1) is 17.2. The van der Waals surface area contributed by atoms with Crippen molar-refractivity contribution in [3.8, 4) is 0 Å². The lowest BCUT2D eigenvalue weighted by atomic mass is 10.0. The molecule has 0 spiro atoms. The zero-order valence-corrected chi connectivity index (χ0v) is 21.9. The predicted octanol–water partition coefficient (Wildman–Crippen LogP) is 3.66. The minimum atomic E-state index is -1.87. The third-order valence-electron chi connectivity index (χ3n) is 6.56. The number of carbonyl (C=O) groups is 2. The van der Waals surface area contributed by atoms with E-state index in [1.165, 1.54) is 4.90 Å². The molecule has 9 heteroatoms. The van der Waals surface area contributed by atoms with Crippen LogP contribution in [0.15, 0.2) is 53.9 Å². The third-order valence-corrected chi connectivity index (χ3v) is 8.12. The largest absolute Gasteiger partial charge is 0.380 e. The van der Waals surface area contributed by atoms with E-state index in [1.807, 2.05) is 36.4 Å². The topological polar surface area (TPSA) is 102 Å². The molecular formula is C27H32ClN3O4S. The number of hydrogen-bond donors (Lipinski definition) is 4. The number of amides is 2. The maximum Gasteiger partial charge on any atom is 0.255 e. The summed E-state index contributed by atoms with van der Waals surface area (Å²) >= 11 is 7.87. The van der Waals surface area contributed by atoms with Gasteiger partial charge in [-0.25, -0.2) is 0 Å². The molecule has 0 radical (unpaired) electrons. The zero-order valence-electron chi connectivity index (χ0n) is 20.4. The molecule has 0 saturated carbocycles. The summed E-state index contributed by atoms with van der Waals surface area (Å²) in [6.07, 6.45) is -2.23. The highest BCUT2D eigenvalue weighted by Gasteiger charge is 2.38. The average Bonchev–Trinajstić information content (AvgIpc) is 3.57. The lowest BCUT2D eigenvalue weighted by Crippen LogP contribution is -2.50. The Kier molecular flexibility index (Phi) is 8.62. The molecule has 7 nitrogen and oxygen atoms in total. The Labute approximate surface area is 220 Å². The number of nitrogens with one attached hydrogen (secondary N) is 2. The molecule has 2 unspecified atom stereocenters. The number of aliphatic hydroxyl groups is 2. The molecule has 0 aliphatic carbocycles. The van der Waals surface area contributed by atoms with Crippen molar-refractivity contribution in [2.24, 2.45) is 5.92 Å². The molecule has 2 aromatic carbocycles. The van der Waals surface area contributed by atoms with Crippen molar-refractivity contribution in [3.63, 3.8) is 0 Å². The van der Waals surface area contributed by atoms with Gasteiger partial charge in [0.15, 0.2) is 12.2 Å². The van der Waals surface area contributed by atoms with Crippen LogP contribution in [-0.4, -0.2) is 51.1 Å². The standard InChI is InChI=1S/C27H32ClN3O4S/c1-16(2)26-30-21(15-36-26)18-10-8-17(9-11-18)14-29-25(34)23(32)24(33)27(35)31-12-4-7-22(31)19-5-3-6-20(28)13-19/h3,5-6,8-11,13,15-16,22-24,26,30,32-33H,4,7,12,14H2,1-2H3,(H,29,34)/t22?,23-,24-,26?/m1/s1. The predicted molar refractivity (Wildman–Crippen MR) is 143 cm³/mol. The molecule has 2 aliphatic heterocycles. The molecule has 2 amide bonds. The van der Waals surface area contributed by atoms with Crippen LogP contribution in [0.25, 0.3) is 5.70 Å². The SMILES string of the molecule is CC(C)C1NC(c2ccc(CNC(=O)[C@H](O)[C@@H](O)C(=O)N3CCCC3c3cccc(Cl)c3)cc2)=CS1. The number of rotatable bonds is 8. The summed E-state index contributed by atoms with van der Waals surface area (Å²) in [6, 6.07) is 14.7. The lowest BCUT2D eigenvalue weighted by molar-refractivity contribution is -0.153. The van der Waals surface area contributed by atoms with Gasteiger partial charge in [-0.1, -0.05) is 61.8 Å². The smallest absolute Gasteiger partial charge is 0.255 e. The molecule has 192 valence electrons. The second-order valence-electron chi connectivity index (χ2n) is 9.53. The average molecular weight is 530 g/mol. The van der Waals surface area contributed by atoms with Crippen LogP contribution in [0.5, 0.6) is 0 Å². The van der Waals surface area contributed by atoms with E-state index in [1.54, 1.807) is 23.9 Å². The fraction of sp³-hybridized carbons (Fsp3) is 0.407. The maximum atomic E-state index is 13.0. The number of likely N-dealkylation sites (tertiary alicyclic amines) is 1. The van der Waals surface area contributed by atoms with Gasteiger partial charge in [0.05, 0.1) is 11.4 Å². The molecule has 4 atom stereocenters. The summed E-state index contributed by atoms with van der Waals surface area (Å²) in [7, 11) is 0. The van der Waals surface area contributed by atoms with Crippen molar-refractivity contribution in [1.29, 1.82) is 0 Å². The summed E-state index contributed by atoms with van der Waals surface area (Å²) in [5.41, 5.74) is 3.84. The van der Waals surface area contributed by atoms with Crippen LogP contribution in [0.1, 0.15) is 49.4 Å². The van der Waals surface area contributed by atoms with E-state index in [2.05, 4.69) is 29.9 Å². The summed E-state index contributed by atoms with van der Waals surface area (Å²) < 4.78 is 0. The Balaban J connectivity index is 1.31. The van der Waals surface area contributed by atoms with Gasteiger partial charge in [0, 0.05) is 23.8 Å². The molecule has 2 aromatic rings. The van der Waals surface area contributed by atoms with E-state index in [-0.39, 0.29) is 12.6 Å². The highest BCUT2D eigenvalue weighted by molar-refractivity contribution is 8.03. The van der Waals surface area contributed by atoms with Gasteiger partial charge >= 0.3 is 0 Å². The fourth-order valence-corrected chi connectivity index (χ4v) is 5.67. The summed E-state index contributed by atoms with van der Waals surface area (Å²) in [4.78, 5) is 27.0. The Morgan fingerprint density at radius 2 is 1.92 bits per heavy atom. The lowest BCUT2D eigenvalue weighted by Gasteiger charge is -2.28. The first-order valence-corrected chi connectivity index (χ1v) is 13.5. The van der Waals surface area contributed by atoms with E-state index in [4.69, 9.17) is 11.6 Å².